The number of ether oxygens (including phenoxy) is 1. The maximum absolute atomic E-state index is 11.7. The van der Waals surface area contributed by atoms with E-state index < -0.39 is 0 Å². The van der Waals surface area contributed by atoms with Crippen molar-refractivity contribution in [3.05, 3.63) is 41.6 Å². The number of urea groups is 1. The zero-order valence-electron chi connectivity index (χ0n) is 11.8. The maximum atomic E-state index is 11.7. The summed E-state index contributed by atoms with van der Waals surface area (Å²) in [5, 5.41) is 5.43. The Morgan fingerprint density at radius 2 is 2.05 bits per heavy atom. The van der Waals surface area contributed by atoms with Crippen molar-refractivity contribution in [2.75, 3.05) is 18.5 Å². The SMILES string of the molecule is CCOC(=O)c1ccc(NC(=O)NCC2=CN=CC2)cc1. The zero-order chi connectivity index (χ0) is 15.1. The highest BCUT2D eigenvalue weighted by Gasteiger charge is 2.07. The molecule has 0 atom stereocenters. The molecule has 0 radical (unpaired) electrons. The van der Waals surface area contributed by atoms with Gasteiger partial charge in [-0.2, -0.15) is 0 Å². The number of aliphatic imine (C=N–C) groups is 1. The van der Waals surface area contributed by atoms with Gasteiger partial charge in [0.1, 0.15) is 0 Å². The van der Waals surface area contributed by atoms with Gasteiger partial charge < -0.3 is 15.4 Å². The lowest BCUT2D eigenvalue weighted by Crippen LogP contribution is -2.30. The number of carbonyl (C=O) groups is 2. The van der Waals surface area contributed by atoms with Crippen molar-refractivity contribution in [1.82, 2.24) is 5.32 Å². The number of carbonyl (C=O) groups excluding carboxylic acids is 2. The van der Waals surface area contributed by atoms with Crippen molar-refractivity contribution in [2.24, 2.45) is 4.99 Å². The number of anilines is 1. The Labute approximate surface area is 122 Å². The first-order valence-corrected chi connectivity index (χ1v) is 6.70. The Morgan fingerprint density at radius 3 is 2.67 bits per heavy atom. The van der Waals surface area contributed by atoms with E-state index in [0.29, 0.717) is 24.4 Å². The van der Waals surface area contributed by atoms with Gasteiger partial charge in [-0.25, -0.2) is 9.59 Å². The van der Waals surface area contributed by atoms with Gasteiger partial charge in [-0.05, 0) is 36.8 Å². The van der Waals surface area contributed by atoms with Crippen LogP contribution in [0.15, 0.2) is 41.0 Å². The third-order valence-corrected chi connectivity index (χ3v) is 2.85. The van der Waals surface area contributed by atoms with Crippen LogP contribution in [0.25, 0.3) is 0 Å². The van der Waals surface area contributed by atoms with Crippen LogP contribution in [0.2, 0.25) is 0 Å². The third kappa shape index (κ3) is 4.45. The van der Waals surface area contributed by atoms with E-state index in [9.17, 15) is 9.59 Å². The third-order valence-electron chi connectivity index (χ3n) is 2.85. The summed E-state index contributed by atoms with van der Waals surface area (Å²) >= 11 is 0. The second kappa shape index (κ2) is 7.23. The quantitative estimate of drug-likeness (QED) is 0.816. The highest BCUT2D eigenvalue weighted by atomic mass is 16.5. The van der Waals surface area contributed by atoms with Crippen LogP contribution in [0.4, 0.5) is 10.5 Å². The molecule has 6 heteroatoms. The molecule has 21 heavy (non-hydrogen) atoms. The molecule has 1 aliphatic rings. The van der Waals surface area contributed by atoms with Gasteiger partial charge in [0.15, 0.2) is 0 Å². The van der Waals surface area contributed by atoms with Crippen LogP contribution >= 0.6 is 0 Å². The van der Waals surface area contributed by atoms with Crippen molar-refractivity contribution < 1.29 is 14.3 Å². The molecule has 0 aromatic heterocycles. The molecule has 1 aromatic carbocycles. The van der Waals surface area contributed by atoms with Crippen LogP contribution in [0.3, 0.4) is 0 Å². The van der Waals surface area contributed by atoms with E-state index >= 15 is 0 Å². The summed E-state index contributed by atoms with van der Waals surface area (Å²) in [6.45, 7) is 2.55. The predicted octanol–water partition coefficient (Wildman–Crippen LogP) is 2.34. The fourth-order valence-corrected chi connectivity index (χ4v) is 1.77. The number of amides is 2. The lowest BCUT2D eigenvalue weighted by atomic mass is 10.2. The fraction of sp³-hybridized carbons (Fsp3) is 0.267. The molecule has 0 bridgehead atoms. The first-order valence-electron chi connectivity index (χ1n) is 6.70. The van der Waals surface area contributed by atoms with Crippen LogP contribution in [0.5, 0.6) is 0 Å². The van der Waals surface area contributed by atoms with E-state index in [2.05, 4.69) is 15.6 Å². The summed E-state index contributed by atoms with van der Waals surface area (Å²) < 4.78 is 4.89. The van der Waals surface area contributed by atoms with Gasteiger partial charge in [-0.3, -0.25) is 4.99 Å². The van der Waals surface area contributed by atoms with Crippen LogP contribution < -0.4 is 10.6 Å². The summed E-state index contributed by atoms with van der Waals surface area (Å²) in [5.41, 5.74) is 2.12. The highest BCUT2D eigenvalue weighted by Crippen LogP contribution is 2.11. The molecule has 2 N–H and O–H groups in total. The number of hydrogen-bond acceptors (Lipinski definition) is 4. The number of esters is 1. The molecular formula is C15H17N3O3. The molecule has 1 heterocycles. The minimum atomic E-state index is -0.373. The molecule has 110 valence electrons. The number of rotatable bonds is 5. The molecular weight excluding hydrogens is 270 g/mol. The molecule has 0 fully saturated rings. The summed E-state index contributed by atoms with van der Waals surface area (Å²) in [6.07, 6.45) is 4.31. The summed E-state index contributed by atoms with van der Waals surface area (Å²) in [7, 11) is 0. The van der Waals surface area contributed by atoms with Gasteiger partial charge >= 0.3 is 12.0 Å². The first-order chi connectivity index (χ1) is 10.2. The lowest BCUT2D eigenvalue weighted by Gasteiger charge is -2.08. The molecule has 0 spiro atoms. The van der Waals surface area contributed by atoms with E-state index in [-0.39, 0.29) is 12.0 Å². The molecule has 1 aromatic rings. The monoisotopic (exact) mass is 287 g/mol. The Balaban J connectivity index is 1.82. The lowest BCUT2D eigenvalue weighted by molar-refractivity contribution is 0.0526. The van der Waals surface area contributed by atoms with Crippen LogP contribution in [0.1, 0.15) is 23.7 Å². The van der Waals surface area contributed by atoms with Crippen molar-refractivity contribution in [3.8, 4) is 0 Å². The molecule has 0 saturated carbocycles. The Hall–Kier alpha value is -2.63. The number of hydrogen-bond donors (Lipinski definition) is 2. The zero-order valence-corrected chi connectivity index (χ0v) is 11.8. The van der Waals surface area contributed by atoms with Gasteiger partial charge in [0, 0.05) is 31.1 Å². The summed E-state index contributed by atoms with van der Waals surface area (Å²) in [5.74, 6) is -0.373. The highest BCUT2D eigenvalue weighted by molar-refractivity contribution is 5.92. The fourth-order valence-electron chi connectivity index (χ4n) is 1.77. The van der Waals surface area contributed by atoms with Crippen LogP contribution in [-0.2, 0) is 4.74 Å². The molecule has 6 nitrogen and oxygen atoms in total. The summed E-state index contributed by atoms with van der Waals surface area (Å²) in [4.78, 5) is 27.2. The maximum Gasteiger partial charge on any atom is 0.338 e. The summed E-state index contributed by atoms with van der Waals surface area (Å²) in [6, 6.07) is 6.24. The number of nitrogens with one attached hydrogen (secondary N) is 2. The smallest absolute Gasteiger partial charge is 0.338 e. The van der Waals surface area contributed by atoms with E-state index in [4.69, 9.17) is 4.74 Å². The van der Waals surface area contributed by atoms with E-state index in [1.54, 1.807) is 43.6 Å². The molecule has 2 rings (SSSR count). The molecule has 0 saturated heterocycles. The average molecular weight is 287 g/mol. The predicted molar refractivity (Wildman–Crippen MR) is 80.6 cm³/mol. The average Bonchev–Trinajstić information content (AvgIpc) is 2.99. The minimum absolute atomic E-state index is 0.299. The molecule has 2 amide bonds. The topological polar surface area (TPSA) is 79.8 Å². The van der Waals surface area contributed by atoms with Gasteiger partial charge in [0.25, 0.3) is 0 Å². The standard InChI is InChI=1S/C15H17N3O3/c1-2-21-14(19)12-3-5-13(6-4-12)18-15(20)17-10-11-7-8-16-9-11/h3-6,8-9H,2,7,10H2,1H3,(H2,17,18,20). The van der Waals surface area contributed by atoms with Gasteiger partial charge in [0.05, 0.1) is 12.2 Å². The first kappa shape index (κ1) is 14.8. The second-order valence-corrected chi connectivity index (χ2v) is 4.43. The van der Waals surface area contributed by atoms with Crippen molar-refractivity contribution >= 4 is 23.9 Å². The molecule has 0 aliphatic carbocycles. The van der Waals surface area contributed by atoms with Crippen molar-refractivity contribution in [3.63, 3.8) is 0 Å². The second-order valence-electron chi connectivity index (χ2n) is 4.43. The van der Waals surface area contributed by atoms with Crippen LogP contribution in [-0.4, -0.2) is 31.4 Å². The minimum Gasteiger partial charge on any atom is -0.462 e. The number of benzene rings is 1. The van der Waals surface area contributed by atoms with Gasteiger partial charge in [0.2, 0.25) is 0 Å². The Bertz CT molecular complexity index is 576. The van der Waals surface area contributed by atoms with Gasteiger partial charge in [-0.1, -0.05) is 0 Å². The molecule has 0 unspecified atom stereocenters. The van der Waals surface area contributed by atoms with E-state index in [1.165, 1.54) is 0 Å². The Kier molecular flexibility index (Phi) is 5.09. The molecule has 1 aliphatic heterocycles. The normalized spacial score (nSPS) is 12.7. The van der Waals surface area contributed by atoms with Crippen molar-refractivity contribution in [2.45, 2.75) is 13.3 Å². The van der Waals surface area contributed by atoms with E-state index in [0.717, 1.165) is 12.0 Å². The van der Waals surface area contributed by atoms with Crippen molar-refractivity contribution in [1.29, 1.82) is 0 Å². The Morgan fingerprint density at radius 1 is 1.29 bits per heavy atom. The largest absolute Gasteiger partial charge is 0.462 e. The van der Waals surface area contributed by atoms with E-state index in [1.807, 2.05) is 0 Å². The number of nitrogens with zero attached hydrogens (tertiary/aromatic N) is 1. The van der Waals surface area contributed by atoms with Crippen LogP contribution in [0, 0.1) is 0 Å². The van der Waals surface area contributed by atoms with Gasteiger partial charge in [-0.15, -0.1) is 0 Å².